The Morgan fingerprint density at radius 1 is 1.04 bits per heavy atom. The van der Waals surface area contributed by atoms with Gasteiger partial charge in [-0.2, -0.15) is 0 Å². The summed E-state index contributed by atoms with van der Waals surface area (Å²) < 4.78 is 11.0. The van der Waals surface area contributed by atoms with E-state index in [-0.39, 0.29) is 6.61 Å². The lowest BCUT2D eigenvalue weighted by Crippen LogP contribution is -2.13. The van der Waals surface area contributed by atoms with E-state index in [0.29, 0.717) is 28.0 Å². The highest BCUT2D eigenvalue weighted by Crippen LogP contribution is 2.27. The van der Waals surface area contributed by atoms with Crippen LogP contribution in [-0.4, -0.2) is 28.8 Å². The molecule has 0 spiro atoms. The topological polar surface area (TPSA) is 73.3 Å². The van der Waals surface area contributed by atoms with Crippen molar-refractivity contribution in [3.63, 3.8) is 0 Å². The lowest BCUT2D eigenvalue weighted by molar-refractivity contribution is 0.0525. The van der Waals surface area contributed by atoms with E-state index in [2.05, 4.69) is 15.3 Å². The summed E-state index contributed by atoms with van der Waals surface area (Å²) in [4.78, 5) is 21.2. The number of benzene rings is 2. The molecule has 28 heavy (non-hydrogen) atoms. The molecule has 0 fully saturated rings. The van der Waals surface area contributed by atoms with Gasteiger partial charge in [-0.15, -0.1) is 0 Å². The van der Waals surface area contributed by atoms with E-state index in [1.54, 1.807) is 13.8 Å². The first-order valence-corrected chi connectivity index (χ1v) is 10.0. The van der Waals surface area contributed by atoms with Gasteiger partial charge in [-0.1, -0.05) is 30.0 Å². The number of hydrogen-bond donors (Lipinski definition) is 1. The molecule has 1 heterocycles. The van der Waals surface area contributed by atoms with Crippen molar-refractivity contribution in [3.8, 4) is 11.5 Å². The van der Waals surface area contributed by atoms with Crippen molar-refractivity contribution in [3.05, 3.63) is 65.9 Å². The standard InChI is InChI=1S/C21H21N3O3S/c1-4-26-20(25)18-14(2)22-21(28-3)24-19(18)23-15-10-12-17(13-11-15)27-16-8-6-5-7-9-16/h5-13H,4H2,1-3H3,(H,22,23,24). The second kappa shape index (κ2) is 9.23. The number of carbonyl (C=O) groups excluding carboxylic acids is 1. The predicted molar refractivity (Wildman–Crippen MR) is 111 cm³/mol. The van der Waals surface area contributed by atoms with E-state index in [1.807, 2.05) is 60.9 Å². The maximum absolute atomic E-state index is 12.4. The Morgan fingerprint density at radius 3 is 2.36 bits per heavy atom. The summed E-state index contributed by atoms with van der Waals surface area (Å²) in [6.45, 7) is 3.83. The number of para-hydroxylation sites is 1. The number of nitrogens with one attached hydrogen (secondary N) is 1. The van der Waals surface area contributed by atoms with Crippen LogP contribution in [-0.2, 0) is 4.74 Å². The van der Waals surface area contributed by atoms with Gasteiger partial charge in [-0.25, -0.2) is 14.8 Å². The summed E-state index contributed by atoms with van der Waals surface area (Å²) in [5.74, 6) is 1.46. The van der Waals surface area contributed by atoms with E-state index in [1.165, 1.54) is 11.8 Å². The lowest BCUT2D eigenvalue weighted by atomic mass is 10.2. The maximum atomic E-state index is 12.4. The van der Waals surface area contributed by atoms with Gasteiger partial charge in [0.25, 0.3) is 0 Å². The smallest absolute Gasteiger partial charge is 0.343 e. The fourth-order valence-electron chi connectivity index (χ4n) is 2.54. The maximum Gasteiger partial charge on any atom is 0.343 e. The molecule has 0 aliphatic rings. The number of esters is 1. The van der Waals surface area contributed by atoms with Gasteiger partial charge in [0.05, 0.1) is 12.3 Å². The summed E-state index contributed by atoms with van der Waals surface area (Å²) in [6, 6.07) is 17.0. The van der Waals surface area contributed by atoms with Gasteiger partial charge in [-0.05, 0) is 56.5 Å². The highest BCUT2D eigenvalue weighted by atomic mass is 32.2. The average Bonchev–Trinajstić information content (AvgIpc) is 2.70. The van der Waals surface area contributed by atoms with Gasteiger partial charge in [0, 0.05) is 5.69 Å². The van der Waals surface area contributed by atoms with Crippen LogP contribution in [0.3, 0.4) is 0 Å². The molecular formula is C21H21N3O3S. The molecule has 0 saturated carbocycles. The molecule has 3 rings (SSSR count). The molecule has 0 bridgehead atoms. The second-order valence-corrected chi connectivity index (χ2v) is 6.58. The van der Waals surface area contributed by atoms with Crippen LogP contribution in [0.5, 0.6) is 11.5 Å². The third-order valence-corrected chi connectivity index (χ3v) is 4.38. The van der Waals surface area contributed by atoms with Crippen molar-refractivity contribution in [2.24, 2.45) is 0 Å². The van der Waals surface area contributed by atoms with Crippen LogP contribution in [0.2, 0.25) is 0 Å². The van der Waals surface area contributed by atoms with Crippen molar-refractivity contribution in [1.82, 2.24) is 9.97 Å². The quantitative estimate of drug-likeness (QED) is 0.334. The first-order valence-electron chi connectivity index (χ1n) is 8.80. The normalized spacial score (nSPS) is 10.4. The van der Waals surface area contributed by atoms with E-state index >= 15 is 0 Å². The third-order valence-electron chi connectivity index (χ3n) is 3.83. The van der Waals surface area contributed by atoms with Crippen LogP contribution >= 0.6 is 11.8 Å². The van der Waals surface area contributed by atoms with Crippen LogP contribution < -0.4 is 10.1 Å². The molecule has 0 saturated heterocycles. The molecule has 1 aromatic heterocycles. The Balaban J connectivity index is 1.84. The minimum atomic E-state index is -0.445. The van der Waals surface area contributed by atoms with Gasteiger partial charge < -0.3 is 14.8 Å². The largest absolute Gasteiger partial charge is 0.462 e. The van der Waals surface area contributed by atoms with Crippen molar-refractivity contribution in [2.75, 3.05) is 18.2 Å². The molecule has 0 unspecified atom stereocenters. The SMILES string of the molecule is CCOC(=O)c1c(C)nc(SC)nc1Nc1ccc(Oc2ccccc2)cc1. The highest BCUT2D eigenvalue weighted by molar-refractivity contribution is 7.98. The van der Waals surface area contributed by atoms with Gasteiger partial charge in [0.1, 0.15) is 22.9 Å². The minimum absolute atomic E-state index is 0.285. The Morgan fingerprint density at radius 2 is 1.71 bits per heavy atom. The molecule has 0 atom stereocenters. The Kier molecular flexibility index (Phi) is 6.49. The number of ether oxygens (including phenoxy) is 2. The van der Waals surface area contributed by atoms with Gasteiger partial charge >= 0.3 is 5.97 Å². The van der Waals surface area contributed by atoms with Crippen LogP contribution in [0.15, 0.2) is 59.8 Å². The van der Waals surface area contributed by atoms with Crippen LogP contribution in [0.4, 0.5) is 11.5 Å². The summed E-state index contributed by atoms with van der Waals surface area (Å²) in [5.41, 5.74) is 1.68. The van der Waals surface area contributed by atoms with Crippen molar-refractivity contribution in [2.45, 2.75) is 19.0 Å². The van der Waals surface area contributed by atoms with E-state index < -0.39 is 5.97 Å². The fraction of sp³-hybridized carbons (Fsp3) is 0.190. The Hall–Kier alpha value is -3.06. The molecule has 0 aliphatic carbocycles. The van der Waals surface area contributed by atoms with Gasteiger partial charge in [0.15, 0.2) is 5.16 Å². The molecule has 0 radical (unpaired) electrons. The Bertz CT molecular complexity index is 947. The first-order chi connectivity index (χ1) is 13.6. The molecule has 6 nitrogen and oxygen atoms in total. The van der Waals surface area contributed by atoms with E-state index in [9.17, 15) is 4.79 Å². The van der Waals surface area contributed by atoms with Gasteiger partial charge in [0.2, 0.25) is 0 Å². The third kappa shape index (κ3) is 4.80. The minimum Gasteiger partial charge on any atom is -0.462 e. The number of nitrogens with zero attached hydrogens (tertiary/aromatic N) is 2. The number of anilines is 2. The monoisotopic (exact) mass is 395 g/mol. The number of carbonyl (C=O) groups is 1. The zero-order valence-electron chi connectivity index (χ0n) is 15.9. The zero-order chi connectivity index (χ0) is 19.9. The molecule has 0 aliphatic heterocycles. The fourth-order valence-corrected chi connectivity index (χ4v) is 2.96. The molecular weight excluding hydrogens is 374 g/mol. The van der Waals surface area contributed by atoms with E-state index in [4.69, 9.17) is 9.47 Å². The number of aromatic nitrogens is 2. The number of aryl methyl sites for hydroxylation is 1. The molecule has 0 amide bonds. The van der Waals surface area contributed by atoms with Crippen LogP contribution in [0, 0.1) is 6.92 Å². The molecule has 2 aromatic carbocycles. The molecule has 7 heteroatoms. The highest BCUT2D eigenvalue weighted by Gasteiger charge is 2.20. The van der Waals surface area contributed by atoms with Crippen molar-refractivity contribution >= 4 is 29.2 Å². The Labute approximate surface area is 168 Å². The average molecular weight is 395 g/mol. The molecule has 144 valence electrons. The number of rotatable bonds is 7. The first kappa shape index (κ1) is 19.7. The van der Waals surface area contributed by atoms with Crippen molar-refractivity contribution in [1.29, 1.82) is 0 Å². The lowest BCUT2D eigenvalue weighted by Gasteiger charge is -2.14. The summed E-state index contributed by atoms with van der Waals surface area (Å²) >= 11 is 1.41. The van der Waals surface area contributed by atoms with Crippen LogP contribution in [0.1, 0.15) is 23.0 Å². The zero-order valence-corrected chi connectivity index (χ0v) is 16.7. The van der Waals surface area contributed by atoms with E-state index in [0.717, 1.165) is 11.4 Å². The van der Waals surface area contributed by atoms with Crippen LogP contribution in [0.25, 0.3) is 0 Å². The predicted octanol–water partition coefficient (Wildman–Crippen LogP) is 5.22. The van der Waals surface area contributed by atoms with Gasteiger partial charge in [-0.3, -0.25) is 0 Å². The molecule has 3 aromatic rings. The second-order valence-electron chi connectivity index (χ2n) is 5.80. The van der Waals surface area contributed by atoms with Crippen molar-refractivity contribution < 1.29 is 14.3 Å². The number of thioether (sulfide) groups is 1. The number of hydrogen-bond acceptors (Lipinski definition) is 7. The summed E-state index contributed by atoms with van der Waals surface area (Å²) in [5, 5.41) is 3.78. The summed E-state index contributed by atoms with van der Waals surface area (Å²) in [6.07, 6.45) is 1.89. The summed E-state index contributed by atoms with van der Waals surface area (Å²) in [7, 11) is 0. The molecule has 1 N–H and O–H groups in total.